The first-order valence-electron chi connectivity index (χ1n) is 12.3. The molecule has 0 radical (unpaired) electrons. The van der Waals surface area contributed by atoms with Crippen molar-refractivity contribution in [2.24, 2.45) is 0 Å². The largest absolute Gasteiger partial charge is 0.368 e. The molecule has 6 nitrogen and oxygen atoms in total. The maximum absolute atomic E-state index is 13.7. The molecule has 1 saturated heterocycles. The third kappa shape index (κ3) is 5.26. The van der Waals surface area contributed by atoms with Crippen molar-refractivity contribution in [2.75, 3.05) is 41.9 Å². The number of benzene rings is 3. The van der Waals surface area contributed by atoms with Crippen molar-refractivity contribution < 1.29 is 13.2 Å². The fourth-order valence-corrected chi connectivity index (χ4v) is 5.94. The topological polar surface area (TPSA) is 60.9 Å². The first kappa shape index (κ1) is 25.8. The van der Waals surface area contributed by atoms with Crippen molar-refractivity contribution >= 4 is 27.3 Å². The standard InChI is InChI=1S/C29H35N3O3S/c1-21-9-13-27(14-10-21)36(34,35)32(26-12-11-22(2)24(4)19-26)20-29(33)31-17-15-30(16-18-31)28-8-6-7-23(3)25(28)5/h6-14,19H,15-18,20H2,1-5H3. The van der Waals surface area contributed by atoms with E-state index in [1.807, 2.05) is 32.9 Å². The summed E-state index contributed by atoms with van der Waals surface area (Å²) in [5, 5.41) is 0. The summed E-state index contributed by atoms with van der Waals surface area (Å²) in [6.45, 7) is 12.4. The van der Waals surface area contributed by atoms with Gasteiger partial charge in [-0.2, -0.15) is 0 Å². The van der Waals surface area contributed by atoms with Crippen molar-refractivity contribution in [1.82, 2.24) is 4.90 Å². The molecule has 0 aliphatic carbocycles. The second kappa shape index (κ2) is 10.3. The molecule has 4 rings (SSSR count). The summed E-state index contributed by atoms with van der Waals surface area (Å²) in [5.74, 6) is -0.190. The van der Waals surface area contributed by atoms with Gasteiger partial charge in [0.05, 0.1) is 10.6 Å². The molecule has 3 aromatic rings. The Morgan fingerprint density at radius 2 is 1.47 bits per heavy atom. The Balaban J connectivity index is 1.56. The van der Waals surface area contributed by atoms with Gasteiger partial charge in [0.15, 0.2) is 0 Å². The molecule has 1 aliphatic rings. The van der Waals surface area contributed by atoms with Crippen LogP contribution in [0.25, 0.3) is 0 Å². The van der Waals surface area contributed by atoms with Crippen molar-refractivity contribution in [3.63, 3.8) is 0 Å². The number of sulfonamides is 1. The third-order valence-electron chi connectivity index (χ3n) is 7.22. The highest BCUT2D eigenvalue weighted by atomic mass is 32.2. The Hall–Kier alpha value is -3.32. The van der Waals surface area contributed by atoms with E-state index in [9.17, 15) is 13.2 Å². The van der Waals surface area contributed by atoms with Gasteiger partial charge in [0.2, 0.25) is 5.91 Å². The van der Waals surface area contributed by atoms with E-state index < -0.39 is 10.0 Å². The first-order chi connectivity index (χ1) is 17.1. The van der Waals surface area contributed by atoms with Crippen molar-refractivity contribution in [1.29, 1.82) is 0 Å². The lowest BCUT2D eigenvalue weighted by Gasteiger charge is -2.38. The summed E-state index contributed by atoms with van der Waals surface area (Å²) in [6, 6.07) is 18.6. The molecule has 0 N–H and O–H groups in total. The number of amides is 1. The van der Waals surface area contributed by atoms with Gasteiger partial charge in [0.25, 0.3) is 10.0 Å². The van der Waals surface area contributed by atoms with E-state index in [0.29, 0.717) is 31.9 Å². The minimum absolute atomic E-state index is 0.180. The molecule has 1 amide bonds. The second-order valence-electron chi connectivity index (χ2n) is 9.68. The summed E-state index contributed by atoms with van der Waals surface area (Å²) < 4.78 is 28.7. The highest BCUT2D eigenvalue weighted by Gasteiger charge is 2.30. The van der Waals surface area contributed by atoms with Crippen LogP contribution in [0.1, 0.15) is 27.8 Å². The molecular formula is C29H35N3O3S. The molecular weight excluding hydrogens is 470 g/mol. The molecule has 36 heavy (non-hydrogen) atoms. The number of nitrogens with zero attached hydrogens (tertiary/aromatic N) is 3. The molecule has 0 atom stereocenters. The van der Waals surface area contributed by atoms with Crippen molar-refractivity contribution in [3.05, 3.63) is 88.5 Å². The van der Waals surface area contributed by atoms with Gasteiger partial charge in [-0.25, -0.2) is 8.42 Å². The van der Waals surface area contributed by atoms with Crippen LogP contribution >= 0.6 is 0 Å². The van der Waals surface area contributed by atoms with E-state index in [4.69, 9.17) is 0 Å². The number of carbonyl (C=O) groups excluding carboxylic acids is 1. The Morgan fingerprint density at radius 3 is 2.11 bits per heavy atom. The van der Waals surface area contributed by atoms with Crippen LogP contribution in [0.15, 0.2) is 65.6 Å². The Labute approximate surface area is 215 Å². The van der Waals surface area contributed by atoms with Gasteiger partial charge < -0.3 is 9.80 Å². The van der Waals surface area contributed by atoms with Crippen LogP contribution in [-0.4, -0.2) is 51.9 Å². The predicted molar refractivity (Wildman–Crippen MR) is 146 cm³/mol. The van der Waals surface area contributed by atoms with Gasteiger partial charge in [-0.3, -0.25) is 9.10 Å². The van der Waals surface area contributed by atoms with Gasteiger partial charge >= 0.3 is 0 Å². The van der Waals surface area contributed by atoms with Crippen LogP contribution in [0.3, 0.4) is 0 Å². The van der Waals surface area contributed by atoms with Crippen molar-refractivity contribution in [2.45, 2.75) is 39.5 Å². The second-order valence-corrected chi connectivity index (χ2v) is 11.5. The zero-order valence-electron chi connectivity index (χ0n) is 21.8. The molecule has 0 saturated carbocycles. The SMILES string of the molecule is Cc1ccc(S(=O)(=O)N(CC(=O)N2CCN(c3cccc(C)c3C)CC2)c2ccc(C)c(C)c2)cc1. The lowest BCUT2D eigenvalue weighted by atomic mass is 10.1. The molecule has 1 fully saturated rings. The van der Waals surface area contributed by atoms with Gasteiger partial charge in [-0.1, -0.05) is 35.9 Å². The van der Waals surface area contributed by atoms with E-state index in [1.54, 1.807) is 35.2 Å². The van der Waals surface area contributed by atoms with Crippen molar-refractivity contribution in [3.8, 4) is 0 Å². The molecule has 1 heterocycles. The number of anilines is 2. The fraction of sp³-hybridized carbons (Fsp3) is 0.345. The highest BCUT2D eigenvalue weighted by molar-refractivity contribution is 7.92. The summed E-state index contributed by atoms with van der Waals surface area (Å²) in [5.41, 5.74) is 7.22. The van der Waals surface area contributed by atoms with E-state index >= 15 is 0 Å². The summed E-state index contributed by atoms with van der Waals surface area (Å²) in [6.07, 6.45) is 0. The minimum atomic E-state index is -3.92. The normalized spacial score (nSPS) is 14.1. The average molecular weight is 506 g/mol. The van der Waals surface area contributed by atoms with Gasteiger partial charge in [0, 0.05) is 31.9 Å². The zero-order chi connectivity index (χ0) is 26.0. The minimum Gasteiger partial charge on any atom is -0.368 e. The molecule has 1 aliphatic heterocycles. The van der Waals surface area contributed by atoms with Gasteiger partial charge in [-0.15, -0.1) is 0 Å². The van der Waals surface area contributed by atoms with Gasteiger partial charge in [-0.05, 0) is 87.2 Å². The lowest BCUT2D eigenvalue weighted by Crippen LogP contribution is -2.52. The molecule has 0 spiro atoms. The van der Waals surface area contributed by atoms with Crippen LogP contribution in [0, 0.1) is 34.6 Å². The predicted octanol–water partition coefficient (Wildman–Crippen LogP) is 4.77. The van der Waals surface area contributed by atoms with E-state index in [-0.39, 0.29) is 17.3 Å². The van der Waals surface area contributed by atoms with E-state index in [2.05, 4.69) is 36.9 Å². The Morgan fingerprint density at radius 1 is 0.806 bits per heavy atom. The smallest absolute Gasteiger partial charge is 0.264 e. The van der Waals surface area contributed by atoms with Crippen LogP contribution in [0.5, 0.6) is 0 Å². The molecule has 7 heteroatoms. The monoisotopic (exact) mass is 505 g/mol. The zero-order valence-corrected chi connectivity index (χ0v) is 22.6. The summed E-state index contributed by atoms with van der Waals surface area (Å²) >= 11 is 0. The van der Waals surface area contributed by atoms with Gasteiger partial charge in [0.1, 0.15) is 6.54 Å². The summed E-state index contributed by atoms with van der Waals surface area (Å²) in [7, 11) is -3.92. The lowest BCUT2D eigenvalue weighted by molar-refractivity contribution is -0.129. The molecule has 3 aromatic carbocycles. The maximum atomic E-state index is 13.7. The van der Waals surface area contributed by atoms with E-state index in [0.717, 1.165) is 16.7 Å². The number of hydrogen-bond donors (Lipinski definition) is 0. The number of piperazine rings is 1. The summed E-state index contributed by atoms with van der Waals surface area (Å²) in [4.78, 5) is 17.7. The molecule has 0 bridgehead atoms. The van der Waals surface area contributed by atoms with Crippen LogP contribution < -0.4 is 9.21 Å². The quantitative estimate of drug-likeness (QED) is 0.484. The molecule has 0 unspecified atom stereocenters. The number of carbonyl (C=O) groups is 1. The third-order valence-corrected chi connectivity index (χ3v) is 9.00. The highest BCUT2D eigenvalue weighted by Crippen LogP contribution is 2.27. The Kier molecular flexibility index (Phi) is 7.41. The van der Waals surface area contributed by atoms with E-state index in [1.165, 1.54) is 21.1 Å². The number of rotatable bonds is 6. The van der Waals surface area contributed by atoms with Crippen LogP contribution in [0.2, 0.25) is 0 Å². The number of aryl methyl sites for hydroxylation is 4. The fourth-order valence-electron chi connectivity index (χ4n) is 4.53. The number of hydrogen-bond acceptors (Lipinski definition) is 4. The first-order valence-corrected chi connectivity index (χ1v) is 13.8. The maximum Gasteiger partial charge on any atom is 0.264 e. The van der Waals surface area contributed by atoms with Crippen LogP contribution in [-0.2, 0) is 14.8 Å². The molecule has 0 aromatic heterocycles. The van der Waals surface area contributed by atoms with Crippen LogP contribution in [0.4, 0.5) is 11.4 Å². The molecule has 190 valence electrons. The Bertz CT molecular complexity index is 1360. The average Bonchev–Trinajstić information content (AvgIpc) is 2.86.